The zero-order chi connectivity index (χ0) is 20.2. The first kappa shape index (κ1) is 22.6. The highest BCUT2D eigenvalue weighted by Gasteiger charge is 1.96. The number of aryl methyl sites for hydroxylation is 3. The van der Waals surface area contributed by atoms with E-state index in [1.165, 1.54) is 40.8 Å². The lowest BCUT2D eigenvalue weighted by molar-refractivity contribution is -0.112. The van der Waals surface area contributed by atoms with Crippen LogP contribution in [-0.2, 0) is 4.79 Å². The third-order valence-electron chi connectivity index (χ3n) is 3.70. The van der Waals surface area contributed by atoms with E-state index in [1.807, 2.05) is 12.1 Å². The zero-order valence-corrected chi connectivity index (χ0v) is 18.1. The number of hydrogen-bond acceptors (Lipinski definition) is 1. The molecule has 0 aromatic heterocycles. The number of carbonyl (C=O) groups excluding carboxylic acids is 1. The topological polar surface area (TPSA) is 17.1 Å². The summed E-state index contributed by atoms with van der Waals surface area (Å²) >= 11 is 3.35. The van der Waals surface area contributed by atoms with Crippen molar-refractivity contribution < 1.29 is 4.79 Å². The van der Waals surface area contributed by atoms with Gasteiger partial charge in [0.1, 0.15) is 0 Å². The fourth-order valence-corrected chi connectivity index (χ4v) is 2.37. The Bertz CT molecular complexity index is 825. The molecule has 0 aliphatic carbocycles. The molecule has 0 bridgehead atoms. The van der Waals surface area contributed by atoms with Crippen molar-refractivity contribution >= 4 is 21.7 Å². The van der Waals surface area contributed by atoms with Crippen LogP contribution in [-0.4, -0.2) is 5.78 Å². The molecular weight excluding hydrogens is 396 g/mol. The van der Waals surface area contributed by atoms with Crippen molar-refractivity contribution in [3.63, 3.8) is 0 Å². The lowest BCUT2D eigenvalue weighted by atomic mass is 10.0. The minimum absolute atomic E-state index is 0.0185. The van der Waals surface area contributed by atoms with Crippen molar-refractivity contribution in [2.24, 2.45) is 0 Å². The van der Waals surface area contributed by atoms with Crippen LogP contribution in [0.5, 0.6) is 0 Å². The molecule has 1 nitrogen and oxygen atoms in total. The zero-order valence-electron chi connectivity index (χ0n) is 16.5. The number of benzene rings is 3. The fraction of sp³-hybridized carbons (Fsp3) is 0.160. The van der Waals surface area contributed by atoms with Crippen LogP contribution in [0.15, 0.2) is 89.9 Å². The van der Waals surface area contributed by atoms with Gasteiger partial charge in [0.25, 0.3) is 0 Å². The van der Waals surface area contributed by atoms with Gasteiger partial charge in [-0.15, -0.1) is 0 Å². The maximum atomic E-state index is 9.69. The Morgan fingerprint density at radius 2 is 1.26 bits per heavy atom. The van der Waals surface area contributed by atoms with Crippen LogP contribution in [0.4, 0.5) is 0 Å². The lowest BCUT2D eigenvalue weighted by Crippen LogP contribution is -1.79. The predicted octanol–water partition coefficient (Wildman–Crippen LogP) is 7.49. The number of rotatable bonds is 2. The van der Waals surface area contributed by atoms with E-state index in [0.29, 0.717) is 0 Å². The SMILES string of the molecule is C=CC(C)=O.Cc1ccc(-c2cccc(C)c2)cc1.Cc1ccc(Br)cc1. The van der Waals surface area contributed by atoms with E-state index in [-0.39, 0.29) is 5.78 Å². The summed E-state index contributed by atoms with van der Waals surface area (Å²) in [6.07, 6.45) is 1.28. The maximum Gasteiger partial charge on any atom is 0.152 e. The first-order valence-corrected chi connectivity index (χ1v) is 9.60. The number of halogens is 1. The Kier molecular flexibility index (Phi) is 10.1. The predicted molar refractivity (Wildman–Crippen MR) is 121 cm³/mol. The van der Waals surface area contributed by atoms with Crippen LogP contribution in [0.1, 0.15) is 23.6 Å². The van der Waals surface area contributed by atoms with Crippen molar-refractivity contribution in [2.45, 2.75) is 27.7 Å². The fourth-order valence-electron chi connectivity index (χ4n) is 2.10. The molecule has 0 saturated carbocycles. The molecule has 0 aliphatic heterocycles. The van der Waals surface area contributed by atoms with E-state index in [0.717, 1.165) is 4.47 Å². The first-order chi connectivity index (χ1) is 12.8. The van der Waals surface area contributed by atoms with Gasteiger partial charge in [0.2, 0.25) is 0 Å². The Morgan fingerprint density at radius 3 is 1.67 bits per heavy atom. The summed E-state index contributed by atoms with van der Waals surface area (Å²) in [4.78, 5) is 9.69. The second-order valence-electron chi connectivity index (χ2n) is 6.35. The van der Waals surface area contributed by atoms with Crippen molar-refractivity contribution in [3.8, 4) is 11.1 Å². The van der Waals surface area contributed by atoms with Gasteiger partial charge in [-0.05, 0) is 57.0 Å². The number of carbonyl (C=O) groups is 1. The molecule has 27 heavy (non-hydrogen) atoms. The van der Waals surface area contributed by atoms with E-state index < -0.39 is 0 Å². The molecule has 0 aliphatic rings. The van der Waals surface area contributed by atoms with Crippen molar-refractivity contribution in [1.29, 1.82) is 0 Å². The van der Waals surface area contributed by atoms with Gasteiger partial charge < -0.3 is 0 Å². The molecule has 0 spiro atoms. The maximum absolute atomic E-state index is 9.69. The lowest BCUT2D eigenvalue weighted by Gasteiger charge is -2.02. The molecule has 3 rings (SSSR count). The normalized spacial score (nSPS) is 9.22. The highest BCUT2D eigenvalue weighted by molar-refractivity contribution is 9.10. The van der Waals surface area contributed by atoms with Gasteiger partial charge in [0.05, 0.1) is 0 Å². The smallest absolute Gasteiger partial charge is 0.152 e. The van der Waals surface area contributed by atoms with E-state index >= 15 is 0 Å². The summed E-state index contributed by atoms with van der Waals surface area (Å²) in [7, 11) is 0. The summed E-state index contributed by atoms with van der Waals surface area (Å²) in [6, 6.07) is 25.5. The second kappa shape index (κ2) is 12.0. The quantitative estimate of drug-likeness (QED) is 0.390. The monoisotopic (exact) mass is 422 g/mol. The largest absolute Gasteiger partial charge is 0.295 e. The van der Waals surface area contributed by atoms with Crippen molar-refractivity contribution in [3.05, 3.63) is 107 Å². The minimum atomic E-state index is 0.0185. The third kappa shape index (κ3) is 9.72. The van der Waals surface area contributed by atoms with Gasteiger partial charge in [-0.2, -0.15) is 0 Å². The highest BCUT2D eigenvalue weighted by atomic mass is 79.9. The Hall–Kier alpha value is -2.45. The highest BCUT2D eigenvalue weighted by Crippen LogP contribution is 2.20. The van der Waals surface area contributed by atoms with Crippen LogP contribution in [0.2, 0.25) is 0 Å². The van der Waals surface area contributed by atoms with Gasteiger partial charge in [-0.3, -0.25) is 4.79 Å². The second-order valence-corrected chi connectivity index (χ2v) is 7.26. The molecule has 3 aromatic rings. The van der Waals surface area contributed by atoms with E-state index in [4.69, 9.17) is 0 Å². The van der Waals surface area contributed by atoms with Gasteiger partial charge in [0, 0.05) is 4.47 Å². The van der Waals surface area contributed by atoms with E-state index in [9.17, 15) is 4.79 Å². The van der Waals surface area contributed by atoms with Gasteiger partial charge in [-0.25, -0.2) is 0 Å². The van der Waals surface area contributed by atoms with Crippen LogP contribution >= 0.6 is 15.9 Å². The molecule has 0 atom stereocenters. The summed E-state index contributed by atoms with van der Waals surface area (Å²) in [5, 5.41) is 0. The van der Waals surface area contributed by atoms with Gasteiger partial charge in [-0.1, -0.05) is 99.9 Å². The van der Waals surface area contributed by atoms with E-state index in [1.54, 1.807) is 0 Å². The molecule has 0 N–H and O–H groups in total. The molecule has 0 saturated heterocycles. The summed E-state index contributed by atoms with van der Waals surface area (Å²) in [5.74, 6) is 0.0185. The van der Waals surface area contributed by atoms with Crippen LogP contribution < -0.4 is 0 Å². The van der Waals surface area contributed by atoms with Crippen LogP contribution in [0.25, 0.3) is 11.1 Å². The number of hydrogen-bond donors (Lipinski definition) is 0. The number of allylic oxidation sites excluding steroid dienone is 1. The Balaban J connectivity index is 0.000000237. The standard InChI is InChI=1S/C14H14.C7H7Br.C4H6O/c1-11-6-8-13(9-7-11)14-5-3-4-12(2)10-14;1-6-2-4-7(8)5-3-6;1-3-4(2)5/h3-10H,1-2H3;2-5H,1H3;3H,1H2,2H3. The van der Waals surface area contributed by atoms with Crippen molar-refractivity contribution in [2.75, 3.05) is 0 Å². The van der Waals surface area contributed by atoms with Gasteiger partial charge in [0.15, 0.2) is 5.78 Å². The summed E-state index contributed by atoms with van der Waals surface area (Å²) < 4.78 is 1.14. The molecule has 0 heterocycles. The Labute approximate surface area is 171 Å². The average molecular weight is 423 g/mol. The molecule has 3 aromatic carbocycles. The van der Waals surface area contributed by atoms with E-state index in [2.05, 4.69) is 104 Å². The molecular formula is C25H27BrO. The molecule has 0 radical (unpaired) electrons. The van der Waals surface area contributed by atoms with Gasteiger partial charge >= 0.3 is 0 Å². The third-order valence-corrected chi connectivity index (χ3v) is 4.23. The Morgan fingerprint density at radius 1 is 0.778 bits per heavy atom. The molecule has 0 fully saturated rings. The molecule has 0 amide bonds. The average Bonchev–Trinajstić information content (AvgIpc) is 2.66. The molecule has 0 unspecified atom stereocenters. The van der Waals surface area contributed by atoms with Crippen LogP contribution in [0, 0.1) is 20.8 Å². The first-order valence-electron chi connectivity index (χ1n) is 8.80. The molecule has 2 heteroatoms. The summed E-state index contributed by atoms with van der Waals surface area (Å²) in [6.45, 7) is 11.0. The molecule has 140 valence electrons. The van der Waals surface area contributed by atoms with Crippen LogP contribution in [0.3, 0.4) is 0 Å². The van der Waals surface area contributed by atoms with Crippen molar-refractivity contribution in [1.82, 2.24) is 0 Å². The minimum Gasteiger partial charge on any atom is -0.295 e. The summed E-state index contributed by atoms with van der Waals surface area (Å²) in [5.41, 5.74) is 6.50. The number of ketones is 1.